The van der Waals surface area contributed by atoms with Crippen LogP contribution in [-0.2, 0) is 0 Å². The molecule has 3 nitrogen and oxygen atoms in total. The number of nitrogens with zero attached hydrogens (tertiary/aromatic N) is 1. The molecule has 1 aromatic carbocycles. The monoisotopic (exact) mass is 279 g/mol. The van der Waals surface area contributed by atoms with Crippen LogP contribution < -0.4 is 11.2 Å². The minimum atomic E-state index is 0.210. The summed E-state index contributed by atoms with van der Waals surface area (Å²) in [6.07, 6.45) is 0.939. The largest absolute Gasteiger partial charge is 0.375 e. The van der Waals surface area contributed by atoms with Crippen molar-refractivity contribution in [2.75, 3.05) is 5.75 Å². The Kier molecular flexibility index (Phi) is 4.24. The molecule has 0 spiro atoms. The molecule has 2 rings (SSSR count). The van der Waals surface area contributed by atoms with Crippen LogP contribution in [0, 0.1) is 0 Å². The fourth-order valence-electron chi connectivity index (χ4n) is 1.89. The third-order valence-corrected chi connectivity index (χ3v) is 4.05. The van der Waals surface area contributed by atoms with Gasteiger partial charge in [0.15, 0.2) is 5.11 Å². The fraction of sp³-hybridized carbons (Fsp3) is 0.385. The third kappa shape index (κ3) is 3.03. The molecule has 0 saturated heterocycles. The molecule has 0 amide bonds. The van der Waals surface area contributed by atoms with E-state index in [1.54, 1.807) is 0 Å². The molecule has 1 aliphatic heterocycles. The van der Waals surface area contributed by atoms with E-state index in [-0.39, 0.29) is 5.11 Å². The smallest absolute Gasteiger partial charge is 0.184 e. The van der Waals surface area contributed by atoms with Crippen LogP contribution in [0.4, 0.5) is 0 Å². The molecule has 5 heteroatoms. The van der Waals surface area contributed by atoms with Crippen LogP contribution in [0.25, 0.3) is 0 Å². The second-order valence-corrected chi connectivity index (χ2v) is 6.12. The van der Waals surface area contributed by atoms with Crippen molar-refractivity contribution < 1.29 is 0 Å². The van der Waals surface area contributed by atoms with E-state index in [0.717, 1.165) is 17.9 Å². The van der Waals surface area contributed by atoms with Gasteiger partial charge in [-0.15, -0.1) is 11.8 Å². The average molecular weight is 279 g/mol. The number of rotatable bonds is 2. The van der Waals surface area contributed by atoms with Crippen molar-refractivity contribution in [2.24, 2.45) is 10.8 Å². The standard InChI is InChI=1S/C13H17N3S2/c1-8(2)9-3-4-12-10(7-9)11(5-6-18-12)15-16-13(14)17/h3-4,7-8H,5-6H2,1-2H3,(H3,14,16,17)/b15-11+. The van der Waals surface area contributed by atoms with Crippen LogP contribution >= 0.6 is 24.0 Å². The van der Waals surface area contributed by atoms with E-state index in [0.29, 0.717) is 5.92 Å². The first-order chi connectivity index (χ1) is 8.58. The quantitative estimate of drug-likeness (QED) is 0.645. The molecule has 0 radical (unpaired) electrons. The zero-order valence-electron chi connectivity index (χ0n) is 10.6. The van der Waals surface area contributed by atoms with Crippen LogP contribution in [0.15, 0.2) is 28.2 Å². The molecule has 0 atom stereocenters. The summed E-state index contributed by atoms with van der Waals surface area (Å²) in [5.41, 5.74) is 11.7. The number of hydrogen-bond donors (Lipinski definition) is 2. The summed E-state index contributed by atoms with van der Waals surface area (Å²) in [6, 6.07) is 6.61. The number of thioether (sulfide) groups is 1. The van der Waals surface area contributed by atoms with E-state index < -0.39 is 0 Å². The minimum absolute atomic E-state index is 0.210. The lowest BCUT2D eigenvalue weighted by atomic mass is 9.98. The van der Waals surface area contributed by atoms with Gasteiger partial charge in [-0.3, -0.25) is 5.43 Å². The van der Waals surface area contributed by atoms with Gasteiger partial charge >= 0.3 is 0 Å². The van der Waals surface area contributed by atoms with Crippen molar-refractivity contribution in [3.05, 3.63) is 29.3 Å². The number of hydrazone groups is 1. The molecule has 0 bridgehead atoms. The summed E-state index contributed by atoms with van der Waals surface area (Å²) in [4.78, 5) is 1.29. The van der Waals surface area contributed by atoms with E-state index >= 15 is 0 Å². The van der Waals surface area contributed by atoms with Gasteiger partial charge in [-0.05, 0) is 35.8 Å². The second kappa shape index (κ2) is 5.71. The molecular weight excluding hydrogens is 262 g/mol. The topological polar surface area (TPSA) is 50.4 Å². The summed E-state index contributed by atoms with van der Waals surface area (Å²) < 4.78 is 0. The lowest BCUT2D eigenvalue weighted by Gasteiger charge is -2.19. The van der Waals surface area contributed by atoms with Crippen molar-refractivity contribution in [3.63, 3.8) is 0 Å². The first-order valence-electron chi connectivity index (χ1n) is 5.97. The number of nitrogens with one attached hydrogen (secondary N) is 1. The minimum Gasteiger partial charge on any atom is -0.375 e. The summed E-state index contributed by atoms with van der Waals surface area (Å²) in [5.74, 6) is 1.57. The maximum absolute atomic E-state index is 5.42. The molecule has 0 unspecified atom stereocenters. The van der Waals surface area contributed by atoms with Gasteiger partial charge in [0, 0.05) is 22.6 Å². The fourth-order valence-corrected chi connectivity index (χ4v) is 2.95. The van der Waals surface area contributed by atoms with Gasteiger partial charge in [0.25, 0.3) is 0 Å². The maximum atomic E-state index is 5.42. The van der Waals surface area contributed by atoms with Crippen molar-refractivity contribution in [3.8, 4) is 0 Å². The Labute approximate surface area is 117 Å². The van der Waals surface area contributed by atoms with E-state index in [4.69, 9.17) is 18.0 Å². The third-order valence-electron chi connectivity index (χ3n) is 2.88. The second-order valence-electron chi connectivity index (χ2n) is 4.54. The SMILES string of the molecule is CC(C)c1ccc2c(c1)/C(=N/NC(N)=S)CCS2. The number of fused-ring (bicyclic) bond motifs is 1. The van der Waals surface area contributed by atoms with Crippen molar-refractivity contribution >= 4 is 34.8 Å². The van der Waals surface area contributed by atoms with Crippen LogP contribution in [-0.4, -0.2) is 16.6 Å². The highest BCUT2D eigenvalue weighted by Crippen LogP contribution is 2.32. The molecule has 0 saturated carbocycles. The molecule has 0 aliphatic carbocycles. The van der Waals surface area contributed by atoms with Gasteiger partial charge < -0.3 is 5.73 Å². The van der Waals surface area contributed by atoms with Gasteiger partial charge in [-0.25, -0.2) is 0 Å². The molecule has 18 heavy (non-hydrogen) atoms. The molecule has 96 valence electrons. The lowest BCUT2D eigenvalue weighted by Crippen LogP contribution is -2.26. The Balaban J connectivity index is 2.37. The van der Waals surface area contributed by atoms with Crippen LogP contribution in [0.3, 0.4) is 0 Å². The lowest BCUT2D eigenvalue weighted by molar-refractivity contribution is 0.863. The Morgan fingerprint density at radius 2 is 2.28 bits per heavy atom. The van der Waals surface area contributed by atoms with Crippen molar-refractivity contribution in [2.45, 2.75) is 31.1 Å². The Hall–Kier alpha value is -1.07. The summed E-state index contributed by atoms with van der Waals surface area (Å²) in [5, 5.41) is 4.52. The van der Waals surface area contributed by atoms with Gasteiger partial charge in [-0.1, -0.05) is 19.9 Å². The van der Waals surface area contributed by atoms with E-state index in [1.165, 1.54) is 16.0 Å². The average Bonchev–Trinajstić information content (AvgIpc) is 2.35. The van der Waals surface area contributed by atoms with Gasteiger partial charge in [0.05, 0.1) is 5.71 Å². The van der Waals surface area contributed by atoms with E-state index in [9.17, 15) is 0 Å². The summed E-state index contributed by atoms with van der Waals surface area (Å²) in [6.45, 7) is 4.39. The molecule has 0 fully saturated rings. The summed E-state index contributed by atoms with van der Waals surface area (Å²) >= 11 is 6.66. The van der Waals surface area contributed by atoms with E-state index in [2.05, 4.69) is 42.6 Å². The molecule has 3 N–H and O–H groups in total. The first-order valence-corrected chi connectivity index (χ1v) is 7.36. The zero-order valence-corrected chi connectivity index (χ0v) is 12.2. The number of nitrogens with two attached hydrogens (primary N) is 1. The molecule has 0 aromatic heterocycles. The molecular formula is C13H17N3S2. The highest BCUT2D eigenvalue weighted by atomic mass is 32.2. The zero-order chi connectivity index (χ0) is 13.1. The van der Waals surface area contributed by atoms with Gasteiger partial charge in [0.1, 0.15) is 0 Å². The van der Waals surface area contributed by atoms with Crippen LogP contribution in [0.5, 0.6) is 0 Å². The number of thiocarbonyl (C=S) groups is 1. The van der Waals surface area contributed by atoms with Crippen molar-refractivity contribution in [1.29, 1.82) is 0 Å². The molecule has 1 heterocycles. The normalized spacial score (nSPS) is 16.7. The van der Waals surface area contributed by atoms with Crippen LogP contribution in [0.1, 0.15) is 37.3 Å². The first kappa shape index (κ1) is 13.4. The van der Waals surface area contributed by atoms with Crippen LogP contribution in [0.2, 0.25) is 0 Å². The Morgan fingerprint density at radius 1 is 1.50 bits per heavy atom. The Bertz CT molecular complexity index is 495. The predicted octanol–water partition coefficient (Wildman–Crippen LogP) is 2.84. The maximum Gasteiger partial charge on any atom is 0.184 e. The van der Waals surface area contributed by atoms with Gasteiger partial charge in [-0.2, -0.15) is 5.10 Å². The summed E-state index contributed by atoms with van der Waals surface area (Å²) in [7, 11) is 0. The predicted molar refractivity (Wildman–Crippen MR) is 82.3 cm³/mol. The Morgan fingerprint density at radius 3 is 2.94 bits per heavy atom. The highest BCUT2D eigenvalue weighted by molar-refractivity contribution is 7.99. The molecule has 1 aromatic rings. The van der Waals surface area contributed by atoms with Crippen molar-refractivity contribution in [1.82, 2.24) is 5.43 Å². The van der Waals surface area contributed by atoms with E-state index in [1.807, 2.05) is 11.8 Å². The molecule has 1 aliphatic rings. The number of benzene rings is 1. The highest BCUT2D eigenvalue weighted by Gasteiger charge is 2.17. The number of hydrogen-bond acceptors (Lipinski definition) is 3. The van der Waals surface area contributed by atoms with Gasteiger partial charge in [0.2, 0.25) is 0 Å².